The molecule has 0 bridgehead atoms. The van der Waals surface area contributed by atoms with Gasteiger partial charge in [0.15, 0.2) is 0 Å². The molecule has 1 aromatic heterocycles. The minimum absolute atomic E-state index is 0.137. The van der Waals surface area contributed by atoms with Crippen LogP contribution in [0.15, 0.2) is 29.6 Å². The van der Waals surface area contributed by atoms with Crippen molar-refractivity contribution in [2.75, 3.05) is 6.67 Å². The summed E-state index contributed by atoms with van der Waals surface area (Å²) in [6.45, 7) is 0.544. The zero-order valence-electron chi connectivity index (χ0n) is 13.7. The van der Waals surface area contributed by atoms with E-state index in [1.54, 1.807) is 31.3 Å². The quantitative estimate of drug-likeness (QED) is 0.631. The maximum absolute atomic E-state index is 12.7. The Labute approximate surface area is 143 Å². The number of carboxylic acid groups (broad SMARTS) is 1. The zero-order valence-corrected chi connectivity index (χ0v) is 13.7. The summed E-state index contributed by atoms with van der Waals surface area (Å²) in [5.41, 5.74) is -0.297. The molecule has 3 N–H and O–H groups in total. The van der Waals surface area contributed by atoms with E-state index in [0.29, 0.717) is 11.4 Å². The van der Waals surface area contributed by atoms with E-state index in [2.05, 4.69) is 15.5 Å². The SMILES string of the molecule is CCC1(C(=O)NC(CC(=O)O)C(O)CF)CC(c2ccccn2)=NO1. The third kappa shape index (κ3) is 4.30. The molecule has 136 valence electrons. The zero-order chi connectivity index (χ0) is 18.4. The largest absolute Gasteiger partial charge is 0.481 e. The van der Waals surface area contributed by atoms with Crippen LogP contribution in [-0.2, 0) is 14.4 Å². The van der Waals surface area contributed by atoms with Crippen LogP contribution in [-0.4, -0.2) is 57.2 Å². The van der Waals surface area contributed by atoms with Crippen molar-refractivity contribution in [3.05, 3.63) is 30.1 Å². The molecule has 3 unspecified atom stereocenters. The summed E-state index contributed by atoms with van der Waals surface area (Å²) in [6.07, 6.45) is -0.247. The van der Waals surface area contributed by atoms with Crippen molar-refractivity contribution in [2.45, 2.75) is 43.9 Å². The van der Waals surface area contributed by atoms with E-state index in [1.807, 2.05) is 0 Å². The van der Waals surface area contributed by atoms with Crippen molar-refractivity contribution < 1.29 is 29.0 Å². The van der Waals surface area contributed by atoms with Crippen molar-refractivity contribution >= 4 is 17.6 Å². The first kappa shape index (κ1) is 18.8. The lowest BCUT2D eigenvalue weighted by Crippen LogP contribution is -2.54. The number of aromatic nitrogens is 1. The van der Waals surface area contributed by atoms with Crippen LogP contribution in [0.2, 0.25) is 0 Å². The fourth-order valence-electron chi connectivity index (χ4n) is 2.50. The van der Waals surface area contributed by atoms with Gasteiger partial charge in [0.2, 0.25) is 5.60 Å². The van der Waals surface area contributed by atoms with Crippen molar-refractivity contribution in [1.82, 2.24) is 10.3 Å². The normalized spacial score (nSPS) is 21.8. The van der Waals surface area contributed by atoms with Gasteiger partial charge >= 0.3 is 5.97 Å². The number of aliphatic carboxylic acids is 1. The van der Waals surface area contributed by atoms with Crippen LogP contribution in [0.4, 0.5) is 4.39 Å². The molecule has 1 amide bonds. The van der Waals surface area contributed by atoms with E-state index in [1.165, 1.54) is 0 Å². The smallest absolute Gasteiger partial charge is 0.305 e. The summed E-state index contributed by atoms with van der Waals surface area (Å²) >= 11 is 0. The molecule has 8 nitrogen and oxygen atoms in total. The Morgan fingerprint density at radius 3 is 2.80 bits per heavy atom. The number of hydrogen-bond donors (Lipinski definition) is 3. The fourth-order valence-corrected chi connectivity index (χ4v) is 2.50. The fraction of sp³-hybridized carbons (Fsp3) is 0.500. The van der Waals surface area contributed by atoms with E-state index in [-0.39, 0.29) is 12.8 Å². The van der Waals surface area contributed by atoms with Gasteiger partial charge in [0.1, 0.15) is 18.5 Å². The second kappa shape index (κ2) is 8.02. The van der Waals surface area contributed by atoms with Crippen LogP contribution < -0.4 is 5.32 Å². The van der Waals surface area contributed by atoms with Crippen molar-refractivity contribution in [3.63, 3.8) is 0 Å². The standard InChI is InChI=1S/C16H20FN3O5/c1-2-16(8-12(20-25-16)10-5-3-4-6-18-10)15(24)19-11(7-14(22)23)13(21)9-17/h3-6,11,13,21H,2,7-9H2,1H3,(H,19,24)(H,22,23). The van der Waals surface area contributed by atoms with Gasteiger partial charge in [-0.05, 0) is 18.6 Å². The molecule has 3 atom stereocenters. The lowest BCUT2D eigenvalue weighted by molar-refractivity contribution is -0.147. The number of pyridine rings is 1. The Bertz CT molecular complexity index is 654. The Morgan fingerprint density at radius 1 is 1.48 bits per heavy atom. The molecule has 25 heavy (non-hydrogen) atoms. The Hall–Kier alpha value is -2.55. The number of alkyl halides is 1. The van der Waals surface area contributed by atoms with E-state index in [4.69, 9.17) is 9.94 Å². The molecule has 0 spiro atoms. The third-order valence-electron chi connectivity index (χ3n) is 4.06. The molecule has 1 aliphatic heterocycles. The lowest BCUT2D eigenvalue weighted by Gasteiger charge is -2.28. The van der Waals surface area contributed by atoms with Gasteiger partial charge in [-0.3, -0.25) is 14.6 Å². The minimum atomic E-state index is -1.62. The number of nitrogens with zero attached hydrogens (tertiary/aromatic N) is 2. The van der Waals surface area contributed by atoms with Gasteiger partial charge in [0.25, 0.3) is 5.91 Å². The topological polar surface area (TPSA) is 121 Å². The first-order valence-electron chi connectivity index (χ1n) is 7.85. The summed E-state index contributed by atoms with van der Waals surface area (Å²) in [5.74, 6) is -1.91. The monoisotopic (exact) mass is 353 g/mol. The highest BCUT2D eigenvalue weighted by molar-refractivity contribution is 6.04. The van der Waals surface area contributed by atoms with Gasteiger partial charge < -0.3 is 20.4 Å². The maximum Gasteiger partial charge on any atom is 0.305 e. The summed E-state index contributed by atoms with van der Waals surface area (Å²) in [5, 5.41) is 24.8. The molecule has 1 aliphatic rings. The van der Waals surface area contributed by atoms with Gasteiger partial charge in [0.05, 0.1) is 18.2 Å². The average Bonchev–Trinajstić information content (AvgIpc) is 3.07. The highest BCUT2D eigenvalue weighted by Crippen LogP contribution is 2.30. The van der Waals surface area contributed by atoms with Gasteiger partial charge in [-0.1, -0.05) is 18.1 Å². The number of oxime groups is 1. The lowest BCUT2D eigenvalue weighted by atomic mass is 9.91. The molecular weight excluding hydrogens is 333 g/mol. The van der Waals surface area contributed by atoms with Crippen LogP contribution in [0, 0.1) is 0 Å². The van der Waals surface area contributed by atoms with E-state index in [0.717, 1.165) is 0 Å². The number of rotatable bonds is 8. The molecule has 1 aromatic rings. The second-order valence-corrected chi connectivity index (χ2v) is 5.77. The molecule has 0 aromatic carbocycles. The summed E-state index contributed by atoms with van der Waals surface area (Å²) in [7, 11) is 0. The van der Waals surface area contributed by atoms with Crippen molar-refractivity contribution in [3.8, 4) is 0 Å². The highest BCUT2D eigenvalue weighted by Gasteiger charge is 2.46. The molecule has 0 radical (unpaired) electrons. The van der Waals surface area contributed by atoms with Crippen LogP contribution in [0.1, 0.15) is 31.9 Å². The molecule has 2 heterocycles. The first-order valence-corrected chi connectivity index (χ1v) is 7.85. The summed E-state index contributed by atoms with van der Waals surface area (Å²) < 4.78 is 12.7. The van der Waals surface area contributed by atoms with E-state index < -0.39 is 42.7 Å². The van der Waals surface area contributed by atoms with E-state index >= 15 is 0 Å². The molecule has 9 heteroatoms. The molecule has 0 saturated carbocycles. The molecular formula is C16H20FN3O5. The van der Waals surface area contributed by atoms with Crippen LogP contribution in [0.3, 0.4) is 0 Å². The Kier molecular flexibility index (Phi) is 6.02. The maximum atomic E-state index is 12.7. The first-order chi connectivity index (χ1) is 11.9. The van der Waals surface area contributed by atoms with E-state index in [9.17, 15) is 19.1 Å². The van der Waals surface area contributed by atoms with Crippen molar-refractivity contribution in [1.29, 1.82) is 0 Å². The third-order valence-corrected chi connectivity index (χ3v) is 4.06. The Balaban J connectivity index is 2.12. The molecule has 0 aliphatic carbocycles. The number of hydrogen-bond acceptors (Lipinski definition) is 6. The highest BCUT2D eigenvalue weighted by atomic mass is 19.1. The summed E-state index contributed by atoms with van der Waals surface area (Å²) in [6, 6.07) is 3.98. The number of aliphatic hydroxyl groups is 1. The van der Waals surface area contributed by atoms with Crippen LogP contribution in [0.5, 0.6) is 0 Å². The summed E-state index contributed by atoms with van der Waals surface area (Å²) in [4.78, 5) is 33.0. The predicted molar refractivity (Wildman–Crippen MR) is 85.7 cm³/mol. The molecule has 2 rings (SSSR count). The van der Waals surface area contributed by atoms with Gasteiger partial charge in [-0.2, -0.15) is 0 Å². The predicted octanol–water partition coefficient (Wildman–Crippen LogP) is 0.645. The van der Waals surface area contributed by atoms with Gasteiger partial charge in [0, 0.05) is 12.6 Å². The van der Waals surface area contributed by atoms with Crippen molar-refractivity contribution in [2.24, 2.45) is 5.16 Å². The second-order valence-electron chi connectivity index (χ2n) is 5.77. The van der Waals surface area contributed by atoms with Crippen LogP contribution in [0.25, 0.3) is 0 Å². The Morgan fingerprint density at radius 2 is 2.24 bits per heavy atom. The van der Waals surface area contributed by atoms with Gasteiger partial charge in [-0.25, -0.2) is 4.39 Å². The minimum Gasteiger partial charge on any atom is -0.481 e. The van der Waals surface area contributed by atoms with Crippen LogP contribution >= 0.6 is 0 Å². The number of aliphatic hydroxyl groups excluding tert-OH is 1. The van der Waals surface area contributed by atoms with Gasteiger partial charge in [-0.15, -0.1) is 0 Å². The number of amides is 1. The number of carbonyl (C=O) groups is 2. The number of halogens is 1. The average molecular weight is 353 g/mol. The number of carboxylic acids is 1. The number of carbonyl (C=O) groups excluding carboxylic acids is 1. The number of nitrogens with one attached hydrogen (secondary N) is 1. The molecule has 0 saturated heterocycles. The molecule has 0 fully saturated rings.